The highest BCUT2D eigenvalue weighted by Gasteiger charge is 2.24. The SMILES string of the molecule is CCN(CC(=O)Nc1ccc2c(c1)OCCO2)C(=O)C(C)Oc1ccccc1Cl. The molecule has 1 aliphatic heterocycles. The Balaban J connectivity index is 1.59. The minimum atomic E-state index is -0.781. The molecule has 2 amide bonds. The topological polar surface area (TPSA) is 77.1 Å². The predicted octanol–water partition coefficient (Wildman–Crippen LogP) is 3.37. The summed E-state index contributed by atoms with van der Waals surface area (Å²) in [5, 5.41) is 3.20. The molecule has 2 aromatic rings. The molecule has 1 aliphatic rings. The number of amides is 2. The number of ether oxygens (including phenoxy) is 3. The first-order valence-corrected chi connectivity index (χ1v) is 9.75. The van der Waals surface area contributed by atoms with E-state index >= 15 is 0 Å². The van der Waals surface area contributed by atoms with E-state index in [2.05, 4.69) is 5.32 Å². The van der Waals surface area contributed by atoms with Gasteiger partial charge in [-0.1, -0.05) is 23.7 Å². The summed E-state index contributed by atoms with van der Waals surface area (Å²) in [7, 11) is 0. The van der Waals surface area contributed by atoms with Crippen LogP contribution in [0.4, 0.5) is 5.69 Å². The molecule has 7 nitrogen and oxygen atoms in total. The zero-order chi connectivity index (χ0) is 20.8. The maximum atomic E-state index is 12.7. The van der Waals surface area contributed by atoms with Crippen molar-refractivity contribution in [3.05, 3.63) is 47.5 Å². The van der Waals surface area contributed by atoms with Crippen LogP contribution in [-0.2, 0) is 9.59 Å². The average molecular weight is 419 g/mol. The predicted molar refractivity (Wildman–Crippen MR) is 110 cm³/mol. The third-order valence-electron chi connectivity index (χ3n) is 4.34. The Labute approximate surface area is 174 Å². The van der Waals surface area contributed by atoms with E-state index in [9.17, 15) is 9.59 Å². The summed E-state index contributed by atoms with van der Waals surface area (Å²) < 4.78 is 16.6. The fraction of sp³-hybridized carbons (Fsp3) is 0.333. The van der Waals surface area contributed by atoms with E-state index in [1.54, 1.807) is 56.3 Å². The van der Waals surface area contributed by atoms with E-state index in [0.29, 0.717) is 47.7 Å². The molecule has 1 heterocycles. The lowest BCUT2D eigenvalue weighted by Gasteiger charge is -2.25. The molecule has 0 aromatic heterocycles. The van der Waals surface area contributed by atoms with E-state index in [1.807, 2.05) is 0 Å². The van der Waals surface area contributed by atoms with Crippen LogP contribution < -0.4 is 19.5 Å². The molecule has 0 saturated heterocycles. The molecule has 0 fully saturated rings. The molecule has 0 aliphatic carbocycles. The molecule has 2 aromatic carbocycles. The molecule has 8 heteroatoms. The van der Waals surface area contributed by atoms with Gasteiger partial charge in [-0.05, 0) is 38.1 Å². The third-order valence-corrected chi connectivity index (χ3v) is 4.65. The van der Waals surface area contributed by atoms with Crippen LogP contribution in [0, 0.1) is 0 Å². The van der Waals surface area contributed by atoms with Gasteiger partial charge in [0, 0.05) is 18.3 Å². The molecular formula is C21H23ClN2O5. The Morgan fingerprint density at radius 3 is 2.62 bits per heavy atom. The standard InChI is InChI=1S/C21H23ClN2O5/c1-3-24(21(26)14(2)29-17-7-5-4-6-16(17)22)13-20(25)23-15-8-9-18-19(12-15)28-11-10-27-18/h4-9,12,14H,3,10-11,13H2,1-2H3,(H,23,25). The molecule has 29 heavy (non-hydrogen) atoms. The fourth-order valence-electron chi connectivity index (χ4n) is 2.88. The Kier molecular flexibility index (Phi) is 6.82. The number of likely N-dealkylation sites (N-methyl/N-ethyl adjacent to an activating group) is 1. The summed E-state index contributed by atoms with van der Waals surface area (Å²) in [6.45, 7) is 4.67. The number of rotatable bonds is 7. The summed E-state index contributed by atoms with van der Waals surface area (Å²) in [6.07, 6.45) is -0.781. The number of hydrogen-bond acceptors (Lipinski definition) is 5. The fourth-order valence-corrected chi connectivity index (χ4v) is 3.06. The molecule has 1 N–H and O–H groups in total. The molecule has 0 bridgehead atoms. The number of halogens is 1. The molecule has 3 rings (SSSR count). The third kappa shape index (κ3) is 5.32. The lowest BCUT2D eigenvalue weighted by Crippen LogP contribution is -2.44. The van der Waals surface area contributed by atoms with E-state index in [4.69, 9.17) is 25.8 Å². The Hall–Kier alpha value is -2.93. The van der Waals surface area contributed by atoms with Gasteiger partial charge in [-0.2, -0.15) is 0 Å². The van der Waals surface area contributed by atoms with Gasteiger partial charge in [0.25, 0.3) is 5.91 Å². The normalized spacial score (nSPS) is 13.3. The smallest absolute Gasteiger partial charge is 0.263 e. The number of fused-ring (bicyclic) bond motifs is 1. The largest absolute Gasteiger partial charge is 0.486 e. The van der Waals surface area contributed by atoms with Gasteiger partial charge < -0.3 is 24.4 Å². The average Bonchev–Trinajstić information content (AvgIpc) is 2.73. The van der Waals surface area contributed by atoms with Crippen molar-refractivity contribution in [2.45, 2.75) is 20.0 Å². The number of hydrogen-bond donors (Lipinski definition) is 1. The van der Waals surface area contributed by atoms with Crippen molar-refractivity contribution in [2.75, 3.05) is 31.6 Å². The quantitative estimate of drug-likeness (QED) is 0.746. The van der Waals surface area contributed by atoms with Crippen molar-refractivity contribution < 1.29 is 23.8 Å². The monoisotopic (exact) mass is 418 g/mol. The van der Waals surface area contributed by atoms with Crippen LogP contribution in [0.1, 0.15) is 13.8 Å². The first-order valence-electron chi connectivity index (χ1n) is 9.37. The summed E-state index contributed by atoms with van der Waals surface area (Å²) in [5.41, 5.74) is 0.572. The lowest BCUT2D eigenvalue weighted by atomic mass is 10.2. The number of nitrogens with zero attached hydrogens (tertiary/aromatic N) is 1. The number of carbonyl (C=O) groups is 2. The van der Waals surface area contributed by atoms with Crippen LogP contribution in [0.5, 0.6) is 17.2 Å². The Morgan fingerprint density at radius 2 is 1.90 bits per heavy atom. The zero-order valence-corrected chi connectivity index (χ0v) is 17.1. The minimum Gasteiger partial charge on any atom is -0.486 e. The maximum Gasteiger partial charge on any atom is 0.263 e. The zero-order valence-electron chi connectivity index (χ0n) is 16.3. The maximum absolute atomic E-state index is 12.7. The first kappa shape index (κ1) is 20.8. The summed E-state index contributed by atoms with van der Waals surface area (Å²) in [6, 6.07) is 12.1. The molecule has 1 atom stereocenters. The highest BCUT2D eigenvalue weighted by Crippen LogP contribution is 2.32. The van der Waals surface area contributed by atoms with Gasteiger partial charge in [0.15, 0.2) is 17.6 Å². The van der Waals surface area contributed by atoms with Gasteiger partial charge in [-0.15, -0.1) is 0 Å². The number of para-hydroxylation sites is 1. The van der Waals surface area contributed by atoms with Gasteiger partial charge in [0.2, 0.25) is 5.91 Å². The van der Waals surface area contributed by atoms with E-state index in [1.165, 1.54) is 4.90 Å². The molecule has 154 valence electrons. The summed E-state index contributed by atoms with van der Waals surface area (Å²) in [5.74, 6) is 1.03. The second-order valence-electron chi connectivity index (χ2n) is 6.45. The van der Waals surface area contributed by atoms with Gasteiger partial charge in [-0.3, -0.25) is 9.59 Å². The van der Waals surface area contributed by atoms with Crippen LogP contribution in [0.25, 0.3) is 0 Å². The van der Waals surface area contributed by atoms with Crippen molar-refractivity contribution in [3.63, 3.8) is 0 Å². The highest BCUT2D eigenvalue weighted by molar-refractivity contribution is 6.32. The van der Waals surface area contributed by atoms with Crippen molar-refractivity contribution in [3.8, 4) is 17.2 Å². The van der Waals surface area contributed by atoms with Gasteiger partial charge in [0.1, 0.15) is 19.0 Å². The van der Waals surface area contributed by atoms with Gasteiger partial charge in [-0.25, -0.2) is 0 Å². The molecule has 0 radical (unpaired) electrons. The lowest BCUT2D eigenvalue weighted by molar-refractivity contribution is -0.140. The highest BCUT2D eigenvalue weighted by atomic mass is 35.5. The number of nitrogens with one attached hydrogen (secondary N) is 1. The molecule has 1 unspecified atom stereocenters. The Morgan fingerprint density at radius 1 is 1.17 bits per heavy atom. The van der Waals surface area contributed by atoms with Crippen LogP contribution in [0.2, 0.25) is 5.02 Å². The molecule has 0 spiro atoms. The van der Waals surface area contributed by atoms with Crippen molar-refractivity contribution in [1.29, 1.82) is 0 Å². The van der Waals surface area contributed by atoms with Crippen LogP contribution in [0.3, 0.4) is 0 Å². The van der Waals surface area contributed by atoms with Crippen LogP contribution in [-0.4, -0.2) is 49.1 Å². The first-order chi connectivity index (χ1) is 14.0. The van der Waals surface area contributed by atoms with E-state index < -0.39 is 6.10 Å². The minimum absolute atomic E-state index is 0.0972. The summed E-state index contributed by atoms with van der Waals surface area (Å²) >= 11 is 6.08. The Bertz CT molecular complexity index is 889. The number of carbonyl (C=O) groups excluding carboxylic acids is 2. The second-order valence-corrected chi connectivity index (χ2v) is 6.86. The van der Waals surface area contributed by atoms with Gasteiger partial charge >= 0.3 is 0 Å². The number of benzene rings is 2. The second kappa shape index (κ2) is 9.52. The van der Waals surface area contributed by atoms with Crippen molar-refractivity contribution >= 4 is 29.1 Å². The molecular weight excluding hydrogens is 396 g/mol. The van der Waals surface area contributed by atoms with E-state index in [0.717, 1.165) is 0 Å². The van der Waals surface area contributed by atoms with Gasteiger partial charge in [0.05, 0.1) is 11.6 Å². The molecule has 0 saturated carbocycles. The van der Waals surface area contributed by atoms with Crippen molar-refractivity contribution in [1.82, 2.24) is 4.90 Å². The summed E-state index contributed by atoms with van der Waals surface area (Å²) in [4.78, 5) is 26.6. The van der Waals surface area contributed by atoms with E-state index in [-0.39, 0.29) is 18.4 Å². The van der Waals surface area contributed by atoms with Crippen molar-refractivity contribution in [2.24, 2.45) is 0 Å². The van der Waals surface area contributed by atoms with Crippen LogP contribution >= 0.6 is 11.6 Å². The van der Waals surface area contributed by atoms with Crippen LogP contribution in [0.15, 0.2) is 42.5 Å². The number of anilines is 1.